The van der Waals surface area contributed by atoms with Gasteiger partial charge in [0.15, 0.2) is 5.65 Å². The van der Waals surface area contributed by atoms with Gasteiger partial charge in [0, 0.05) is 25.4 Å². The summed E-state index contributed by atoms with van der Waals surface area (Å²) in [6.45, 7) is 5.87. The number of carbonyl (C=O) groups is 1. The molecule has 158 valence electrons. The Kier molecular flexibility index (Phi) is 5.43. The van der Waals surface area contributed by atoms with Crippen molar-refractivity contribution < 1.29 is 9.53 Å². The number of nitrogens with zero attached hydrogens (tertiary/aromatic N) is 4. The largest absolute Gasteiger partial charge is 0.473 e. The van der Waals surface area contributed by atoms with Gasteiger partial charge in [-0.05, 0) is 51.7 Å². The highest BCUT2D eigenvalue weighted by Crippen LogP contribution is 2.28. The first kappa shape index (κ1) is 19.9. The Morgan fingerprint density at radius 1 is 1.27 bits per heavy atom. The van der Waals surface area contributed by atoms with E-state index < -0.39 is 0 Å². The van der Waals surface area contributed by atoms with Crippen LogP contribution in [0.4, 0.5) is 17.3 Å². The van der Waals surface area contributed by atoms with Crippen LogP contribution >= 0.6 is 0 Å². The van der Waals surface area contributed by atoms with Crippen LogP contribution in [0.15, 0.2) is 24.5 Å². The van der Waals surface area contributed by atoms with Gasteiger partial charge in [0.1, 0.15) is 22.9 Å². The van der Waals surface area contributed by atoms with Gasteiger partial charge in [-0.3, -0.25) is 4.79 Å². The fraction of sp³-hybridized carbons (Fsp3) is 0.429. The highest BCUT2D eigenvalue weighted by atomic mass is 16.5. The monoisotopic (exact) mass is 409 g/mol. The van der Waals surface area contributed by atoms with Crippen LogP contribution in [0.3, 0.4) is 0 Å². The SMILES string of the molecule is CNc1cc(Nc2cc(C)cnc2OC(C)C)nc2c(C(=O)NC3CCC3)cnn12. The lowest BCUT2D eigenvalue weighted by Crippen LogP contribution is -2.39. The van der Waals surface area contributed by atoms with Crippen LogP contribution in [-0.2, 0) is 0 Å². The molecule has 3 N–H and O–H groups in total. The normalized spacial score (nSPS) is 13.9. The molecule has 30 heavy (non-hydrogen) atoms. The predicted molar refractivity (Wildman–Crippen MR) is 116 cm³/mol. The molecule has 1 amide bonds. The van der Waals surface area contributed by atoms with E-state index in [9.17, 15) is 4.79 Å². The number of hydrogen-bond acceptors (Lipinski definition) is 7. The maximum absolute atomic E-state index is 12.7. The first-order valence-corrected chi connectivity index (χ1v) is 10.2. The molecule has 4 rings (SSSR count). The van der Waals surface area contributed by atoms with E-state index in [2.05, 4.69) is 31.0 Å². The second-order valence-corrected chi connectivity index (χ2v) is 7.83. The number of ether oxygens (including phenoxy) is 1. The van der Waals surface area contributed by atoms with E-state index >= 15 is 0 Å². The maximum atomic E-state index is 12.7. The van der Waals surface area contributed by atoms with Crippen molar-refractivity contribution in [3.8, 4) is 5.88 Å². The Labute approximate surface area is 175 Å². The van der Waals surface area contributed by atoms with Gasteiger partial charge >= 0.3 is 0 Å². The van der Waals surface area contributed by atoms with Crippen molar-refractivity contribution in [3.05, 3.63) is 35.7 Å². The Bertz CT molecular complexity index is 1070. The van der Waals surface area contributed by atoms with Gasteiger partial charge < -0.3 is 20.7 Å². The molecule has 1 aliphatic carbocycles. The summed E-state index contributed by atoms with van der Waals surface area (Å²) in [4.78, 5) is 21.8. The molecule has 1 saturated carbocycles. The van der Waals surface area contributed by atoms with E-state index in [-0.39, 0.29) is 18.1 Å². The van der Waals surface area contributed by atoms with Crippen LogP contribution in [0.25, 0.3) is 5.65 Å². The Morgan fingerprint density at radius 3 is 2.73 bits per heavy atom. The lowest BCUT2D eigenvalue weighted by molar-refractivity contribution is 0.0918. The topological polar surface area (TPSA) is 105 Å². The molecule has 0 atom stereocenters. The summed E-state index contributed by atoms with van der Waals surface area (Å²) in [6, 6.07) is 4.03. The summed E-state index contributed by atoms with van der Waals surface area (Å²) in [5.41, 5.74) is 2.63. The molecule has 0 saturated heterocycles. The fourth-order valence-corrected chi connectivity index (χ4v) is 3.28. The summed E-state index contributed by atoms with van der Waals surface area (Å²) in [5, 5.41) is 13.8. The summed E-state index contributed by atoms with van der Waals surface area (Å²) in [5.74, 6) is 1.62. The number of fused-ring (bicyclic) bond motifs is 1. The molecule has 0 spiro atoms. The van der Waals surface area contributed by atoms with Crippen molar-refractivity contribution in [1.29, 1.82) is 0 Å². The molecule has 0 aliphatic heterocycles. The second-order valence-electron chi connectivity index (χ2n) is 7.83. The van der Waals surface area contributed by atoms with Crippen LogP contribution in [0.2, 0.25) is 0 Å². The van der Waals surface area contributed by atoms with Crippen molar-refractivity contribution in [2.75, 3.05) is 17.7 Å². The summed E-state index contributed by atoms with van der Waals surface area (Å²) in [7, 11) is 1.80. The highest BCUT2D eigenvalue weighted by molar-refractivity contribution is 6.00. The molecule has 9 heteroatoms. The highest BCUT2D eigenvalue weighted by Gasteiger charge is 2.23. The van der Waals surface area contributed by atoms with Gasteiger partial charge in [0.05, 0.1) is 12.3 Å². The maximum Gasteiger partial charge on any atom is 0.256 e. The second kappa shape index (κ2) is 8.17. The quantitative estimate of drug-likeness (QED) is 0.550. The van der Waals surface area contributed by atoms with Crippen molar-refractivity contribution in [1.82, 2.24) is 24.9 Å². The molecule has 0 bridgehead atoms. The molecular formula is C21H27N7O2. The predicted octanol–water partition coefficient (Wildman–Crippen LogP) is 3.29. The standard InChI is InChI=1S/C21H27N7O2/c1-12(2)30-21-16(8-13(3)10-23-21)26-17-9-18(22-4)28-19(27-17)15(11-24-28)20(29)25-14-6-5-7-14/h8-12,14,22H,5-7H2,1-4H3,(H,25,29)(H,26,27). The summed E-state index contributed by atoms with van der Waals surface area (Å²) >= 11 is 0. The number of aryl methyl sites for hydroxylation is 1. The number of rotatable bonds is 7. The molecule has 9 nitrogen and oxygen atoms in total. The van der Waals surface area contributed by atoms with Crippen molar-refractivity contribution in [3.63, 3.8) is 0 Å². The van der Waals surface area contributed by atoms with Crippen molar-refractivity contribution in [2.24, 2.45) is 0 Å². The lowest BCUT2D eigenvalue weighted by atomic mass is 9.93. The first-order valence-electron chi connectivity index (χ1n) is 10.2. The molecule has 3 heterocycles. The van der Waals surface area contributed by atoms with Gasteiger partial charge in [-0.2, -0.15) is 9.61 Å². The number of nitrogens with one attached hydrogen (secondary N) is 3. The van der Waals surface area contributed by atoms with E-state index in [0.29, 0.717) is 34.4 Å². The molecule has 1 aliphatic rings. The minimum atomic E-state index is -0.151. The molecule has 0 radical (unpaired) electrons. The molecule has 1 fully saturated rings. The van der Waals surface area contributed by atoms with Gasteiger partial charge in [0.25, 0.3) is 5.91 Å². The zero-order valence-electron chi connectivity index (χ0n) is 17.7. The number of hydrogen-bond donors (Lipinski definition) is 3. The third-order valence-electron chi connectivity index (χ3n) is 5.01. The Balaban J connectivity index is 1.70. The van der Waals surface area contributed by atoms with Gasteiger partial charge in [-0.15, -0.1) is 0 Å². The van der Waals surface area contributed by atoms with Gasteiger partial charge in [-0.1, -0.05) is 0 Å². The zero-order valence-corrected chi connectivity index (χ0v) is 17.7. The number of anilines is 3. The number of carbonyl (C=O) groups excluding carboxylic acids is 1. The third kappa shape index (κ3) is 4.00. The Morgan fingerprint density at radius 2 is 2.07 bits per heavy atom. The van der Waals surface area contributed by atoms with Gasteiger partial charge in [0.2, 0.25) is 5.88 Å². The van der Waals surface area contributed by atoms with Crippen LogP contribution in [-0.4, -0.2) is 44.7 Å². The molecule has 3 aromatic heterocycles. The fourth-order valence-electron chi connectivity index (χ4n) is 3.28. The minimum absolute atomic E-state index is 0.0132. The Hall–Kier alpha value is -3.36. The first-order chi connectivity index (χ1) is 14.4. The smallest absolute Gasteiger partial charge is 0.256 e. The van der Waals surface area contributed by atoms with E-state index in [4.69, 9.17) is 4.74 Å². The molecule has 3 aromatic rings. The van der Waals surface area contributed by atoms with E-state index in [0.717, 1.165) is 24.8 Å². The molecular weight excluding hydrogens is 382 g/mol. The average molecular weight is 409 g/mol. The van der Waals surface area contributed by atoms with Crippen molar-refractivity contribution in [2.45, 2.75) is 52.2 Å². The third-order valence-corrected chi connectivity index (χ3v) is 5.01. The van der Waals surface area contributed by atoms with Crippen LogP contribution in [0, 0.1) is 6.92 Å². The number of pyridine rings is 1. The van der Waals surface area contributed by atoms with E-state index in [1.54, 1.807) is 24.0 Å². The molecule has 0 aromatic carbocycles. The van der Waals surface area contributed by atoms with E-state index in [1.165, 1.54) is 0 Å². The van der Waals surface area contributed by atoms with Crippen molar-refractivity contribution >= 4 is 28.9 Å². The molecule has 0 unspecified atom stereocenters. The average Bonchev–Trinajstić information content (AvgIpc) is 3.10. The van der Waals surface area contributed by atoms with Crippen LogP contribution < -0.4 is 20.7 Å². The summed E-state index contributed by atoms with van der Waals surface area (Å²) < 4.78 is 7.45. The van der Waals surface area contributed by atoms with Crippen LogP contribution in [0.5, 0.6) is 5.88 Å². The van der Waals surface area contributed by atoms with Crippen LogP contribution in [0.1, 0.15) is 49.0 Å². The summed E-state index contributed by atoms with van der Waals surface area (Å²) in [6.07, 6.45) is 6.50. The number of aromatic nitrogens is 4. The zero-order chi connectivity index (χ0) is 21.3. The van der Waals surface area contributed by atoms with E-state index in [1.807, 2.05) is 32.9 Å². The number of amides is 1. The lowest BCUT2D eigenvalue weighted by Gasteiger charge is -2.26. The minimum Gasteiger partial charge on any atom is -0.473 e. The van der Waals surface area contributed by atoms with Gasteiger partial charge in [-0.25, -0.2) is 9.97 Å².